The van der Waals surface area contributed by atoms with Crippen molar-refractivity contribution < 1.29 is 0 Å². The second-order valence-electron chi connectivity index (χ2n) is 7.62. The Morgan fingerprint density at radius 1 is 0.367 bits per heavy atom. The largest absolute Gasteiger partial charge is 0.307 e. The van der Waals surface area contributed by atoms with Crippen molar-refractivity contribution in [2.75, 3.05) is 0 Å². The summed E-state index contributed by atoms with van der Waals surface area (Å²) in [5, 5.41) is 6.91. The van der Waals surface area contributed by atoms with Crippen LogP contribution in [0.4, 0.5) is 0 Å². The molecule has 0 bridgehead atoms. The molecule has 0 saturated carbocycles. The van der Waals surface area contributed by atoms with Gasteiger partial charge in [0.25, 0.3) is 0 Å². The van der Waals surface area contributed by atoms with Gasteiger partial charge in [0.15, 0.2) is 0 Å². The molecule has 5 aromatic rings. The van der Waals surface area contributed by atoms with Crippen molar-refractivity contribution in [2.24, 2.45) is 0 Å². The van der Waals surface area contributed by atoms with Crippen LogP contribution in [0.3, 0.4) is 0 Å². The van der Waals surface area contributed by atoms with Gasteiger partial charge in [0, 0.05) is 0 Å². The minimum atomic E-state index is -1.22. The van der Waals surface area contributed by atoms with Gasteiger partial charge < -0.3 is 0 Å². The zero-order valence-corrected chi connectivity index (χ0v) is 21.6. The molecule has 0 radical (unpaired) electrons. The Balaban J connectivity index is 1.54. The third-order valence-electron chi connectivity index (χ3n) is 6.11. The van der Waals surface area contributed by atoms with Crippen molar-refractivity contribution >= 4 is 61.2 Å². The molecule has 0 fully saturated rings. The van der Waals surface area contributed by atoms with Crippen LogP contribution in [-0.4, -0.2) is 0 Å². The molecule has 0 saturated heterocycles. The molecule has 0 N–H and O–H groups in total. The number of benzene rings is 4. The van der Waals surface area contributed by atoms with Crippen molar-refractivity contribution in [3.05, 3.63) is 121 Å². The molecule has 7 rings (SSSR count). The first-order chi connectivity index (χ1) is 14.9. The zero-order valence-electron chi connectivity index (χ0n) is 16.2. The van der Waals surface area contributed by atoms with Crippen LogP contribution in [0.1, 0.15) is 0 Å². The van der Waals surface area contributed by atoms with Gasteiger partial charge in [0.2, 0.25) is 13.3 Å². The Morgan fingerprint density at radius 3 is 0.900 bits per heavy atom. The average molecular weight is 494 g/mol. The van der Waals surface area contributed by atoms with Gasteiger partial charge in [0.05, 0.1) is 0 Å². The lowest BCUT2D eigenvalue weighted by molar-refractivity contribution is 1.75. The molecule has 0 amide bonds. The minimum Gasteiger partial charge on any atom is -0.0620 e. The van der Waals surface area contributed by atoms with Crippen LogP contribution in [0, 0.1) is 0 Å². The van der Waals surface area contributed by atoms with E-state index in [-0.39, 0.29) is 20.1 Å². The summed E-state index contributed by atoms with van der Waals surface area (Å²) in [5.41, 5.74) is 0. The van der Waals surface area contributed by atoms with E-state index in [2.05, 4.69) is 121 Å². The van der Waals surface area contributed by atoms with Gasteiger partial charge in [-0.15, -0.1) is 0 Å². The van der Waals surface area contributed by atoms with Crippen LogP contribution in [0.15, 0.2) is 121 Å². The molecule has 0 aliphatic carbocycles. The average Bonchev–Trinajstić information content (AvgIpc) is 3.27. The van der Waals surface area contributed by atoms with Crippen molar-refractivity contribution in [1.82, 2.24) is 0 Å². The number of fused-ring (bicyclic) bond motifs is 1. The lowest BCUT2D eigenvalue weighted by Crippen LogP contribution is -2.23. The molecule has 3 heterocycles. The predicted octanol–water partition coefficient (Wildman–Crippen LogP) is 8.61. The molecule has 144 valence electrons. The van der Waals surface area contributed by atoms with E-state index in [4.69, 9.17) is 0 Å². The monoisotopic (exact) mass is 494 g/mol. The molecule has 2 aliphatic rings. The zero-order chi connectivity index (χ0) is 19.8. The highest BCUT2D eigenvalue weighted by Gasteiger charge is 2.98. The molecule has 4 aromatic carbocycles. The van der Waals surface area contributed by atoms with Gasteiger partial charge in [-0.05, 0) is 48.5 Å². The molecule has 1 aromatic heterocycles. The SMILES string of the molecule is c1ccc([P+]2(c3ccccc3)P3p4p2p4[P+]3(c2ccccc2)c2ccccc2)cc1. The van der Waals surface area contributed by atoms with Gasteiger partial charge in [-0.1, -0.05) is 72.8 Å². The Hall–Kier alpha value is -0.930. The maximum absolute atomic E-state index is 2.49. The van der Waals surface area contributed by atoms with Crippen LogP contribution in [-0.2, 0) is 0 Å². The molecular weight excluding hydrogens is 474 g/mol. The minimum absolute atomic E-state index is 0.0828. The second kappa shape index (κ2) is 6.78. The van der Waals surface area contributed by atoms with E-state index in [0.29, 0.717) is 6.58 Å². The molecule has 6 heteroatoms. The normalized spacial score (nSPS) is 21.3. The summed E-state index contributed by atoms with van der Waals surface area (Å²) >= 11 is 0. The second-order valence-corrected chi connectivity index (χ2v) is 49.1. The van der Waals surface area contributed by atoms with E-state index >= 15 is 0 Å². The van der Waals surface area contributed by atoms with Crippen molar-refractivity contribution in [3.63, 3.8) is 0 Å². The highest BCUT2D eigenvalue weighted by Crippen LogP contribution is 3.54. The summed E-state index contributed by atoms with van der Waals surface area (Å²) in [6.07, 6.45) is 0. The van der Waals surface area contributed by atoms with E-state index in [9.17, 15) is 0 Å². The Morgan fingerprint density at radius 2 is 0.633 bits per heavy atom. The van der Waals surface area contributed by atoms with E-state index in [1.165, 1.54) is 0 Å². The van der Waals surface area contributed by atoms with E-state index in [1.807, 2.05) is 0 Å². The Labute approximate surface area is 182 Å². The lowest BCUT2D eigenvalue weighted by Gasteiger charge is -2.38. The summed E-state index contributed by atoms with van der Waals surface area (Å²) in [6, 6.07) is 47.1. The maximum atomic E-state index is 2.49. The van der Waals surface area contributed by atoms with Crippen LogP contribution in [0.25, 0.3) is 0 Å². The first-order valence-corrected chi connectivity index (χ1v) is 24.7. The molecular formula is C24H20P6+2. The van der Waals surface area contributed by atoms with E-state index in [0.717, 1.165) is 0 Å². The number of hydrogen-bond acceptors (Lipinski definition) is 0. The summed E-state index contributed by atoms with van der Waals surface area (Å²) < 4.78 is 0. The fourth-order valence-corrected chi connectivity index (χ4v) is 203. The fraction of sp³-hybridized carbons (Fsp3) is 0. The van der Waals surface area contributed by atoms with Gasteiger partial charge >= 0.3 is 6.99 Å². The molecule has 0 nitrogen and oxygen atoms in total. The topological polar surface area (TPSA) is 0 Å². The van der Waals surface area contributed by atoms with E-state index < -0.39 is 13.3 Å². The summed E-state index contributed by atoms with van der Waals surface area (Å²) in [6.45, 7) is -1.47. The van der Waals surface area contributed by atoms with Crippen LogP contribution >= 0.6 is 40.0 Å². The first kappa shape index (κ1) is 18.6. The molecule has 2 atom stereocenters. The summed E-state index contributed by atoms with van der Waals surface area (Å²) in [7, 11) is 0. The molecule has 30 heavy (non-hydrogen) atoms. The van der Waals surface area contributed by atoms with E-state index in [1.54, 1.807) is 21.2 Å². The van der Waals surface area contributed by atoms with Crippen LogP contribution < -0.4 is 21.2 Å². The van der Waals surface area contributed by atoms with Gasteiger partial charge in [-0.25, -0.2) is 0 Å². The quantitative estimate of drug-likeness (QED) is 0.220. The van der Waals surface area contributed by atoms with Crippen LogP contribution in [0.5, 0.6) is 0 Å². The predicted molar refractivity (Wildman–Crippen MR) is 146 cm³/mol. The maximum Gasteiger partial charge on any atom is 0.307 e. The molecule has 2 aliphatic heterocycles. The highest BCUT2D eigenvalue weighted by atomic mass is 33.5. The smallest absolute Gasteiger partial charge is 0.0620 e. The van der Waals surface area contributed by atoms with Crippen molar-refractivity contribution in [1.29, 1.82) is 0 Å². The third kappa shape index (κ3) is 2.12. The molecule has 2 unspecified atom stereocenters. The van der Waals surface area contributed by atoms with Crippen LogP contribution in [0.2, 0.25) is 0 Å². The van der Waals surface area contributed by atoms with Gasteiger partial charge in [-0.3, -0.25) is 0 Å². The fourth-order valence-electron chi connectivity index (χ4n) is 4.88. The summed E-state index contributed by atoms with van der Waals surface area (Å²) in [4.78, 5) is 0. The Bertz CT molecular complexity index is 1150. The first-order valence-electron chi connectivity index (χ1n) is 10.1. The number of hydrogen-bond donors (Lipinski definition) is 0. The highest BCUT2D eigenvalue weighted by molar-refractivity contribution is 9.55. The Kier molecular flexibility index (Phi) is 4.21. The lowest BCUT2D eigenvalue weighted by atomic mass is 10.4. The summed E-state index contributed by atoms with van der Waals surface area (Å²) in [5.74, 6) is 0. The third-order valence-corrected chi connectivity index (χ3v) is 104. The standard InChI is InChI=1S/C24H20P6/c1-5-13-21(14-6-1)29(22-15-7-2-8-16-22)26-25-27(26)30(28(25)29,23-17-9-3-10-18-23)24-19-11-4-12-20-24/h1-20H/q+2. The van der Waals surface area contributed by atoms with Gasteiger partial charge in [0.1, 0.15) is 40.9 Å². The number of rotatable bonds is 4. The molecule has 0 spiro atoms. The van der Waals surface area contributed by atoms with Crippen molar-refractivity contribution in [2.45, 2.75) is 0 Å². The van der Waals surface area contributed by atoms with Crippen molar-refractivity contribution in [3.8, 4) is 0 Å². The van der Waals surface area contributed by atoms with Gasteiger partial charge in [-0.2, -0.15) is 0 Å².